The van der Waals surface area contributed by atoms with E-state index in [-0.39, 0.29) is 0 Å². The van der Waals surface area contributed by atoms with Crippen LogP contribution in [0.25, 0.3) is 6.08 Å². The van der Waals surface area contributed by atoms with Crippen LogP contribution in [0, 0.1) is 11.3 Å². The summed E-state index contributed by atoms with van der Waals surface area (Å²) in [5.41, 5.74) is 2.00. The molecule has 0 aromatic heterocycles. The minimum absolute atomic E-state index is 0.505. The van der Waals surface area contributed by atoms with Gasteiger partial charge in [-0.25, -0.2) is 4.79 Å². The van der Waals surface area contributed by atoms with Crippen LogP contribution in [0.5, 0.6) is 0 Å². The number of nitrogens with zero attached hydrogens (tertiary/aromatic N) is 2. The smallest absolute Gasteiger partial charge is 0.328 e. The molecule has 1 fully saturated rings. The largest absolute Gasteiger partial charge is 0.478 e. The molecule has 6 heteroatoms. The van der Waals surface area contributed by atoms with Gasteiger partial charge >= 0.3 is 5.97 Å². The molecule has 20 heavy (non-hydrogen) atoms. The van der Waals surface area contributed by atoms with Gasteiger partial charge in [-0.1, -0.05) is 6.07 Å². The van der Waals surface area contributed by atoms with Crippen LogP contribution in [-0.4, -0.2) is 39.9 Å². The average molecular weight is 290 g/mol. The monoisotopic (exact) mass is 290 g/mol. The summed E-state index contributed by atoms with van der Waals surface area (Å²) in [5.74, 6) is 0.211. The molecule has 1 aromatic carbocycles. The Labute approximate surface area is 119 Å². The van der Waals surface area contributed by atoms with Gasteiger partial charge in [0.15, 0.2) is 0 Å². The van der Waals surface area contributed by atoms with Crippen LogP contribution < -0.4 is 4.90 Å². The molecule has 1 heterocycles. The SMILES string of the molecule is N#Cc1cc(/C=C/C(=O)O)ccc1N1CCS(=O)CC1. The zero-order valence-corrected chi connectivity index (χ0v) is 11.6. The minimum Gasteiger partial charge on any atom is -0.478 e. The number of carboxylic acids is 1. The summed E-state index contributed by atoms with van der Waals surface area (Å²) in [6.07, 6.45) is 2.50. The van der Waals surface area contributed by atoms with E-state index in [4.69, 9.17) is 5.11 Å². The topological polar surface area (TPSA) is 81.4 Å². The van der Waals surface area contributed by atoms with Crippen molar-refractivity contribution in [3.05, 3.63) is 35.4 Å². The van der Waals surface area contributed by atoms with Crippen LogP contribution in [0.4, 0.5) is 5.69 Å². The van der Waals surface area contributed by atoms with Crippen LogP contribution in [-0.2, 0) is 15.6 Å². The number of hydrogen-bond acceptors (Lipinski definition) is 4. The fraction of sp³-hybridized carbons (Fsp3) is 0.286. The highest BCUT2D eigenvalue weighted by Gasteiger charge is 2.18. The molecule has 2 rings (SSSR count). The molecule has 0 spiro atoms. The zero-order valence-electron chi connectivity index (χ0n) is 10.8. The summed E-state index contributed by atoms with van der Waals surface area (Å²) in [6.45, 7) is 1.34. The third-order valence-corrected chi connectivity index (χ3v) is 4.35. The third-order valence-electron chi connectivity index (χ3n) is 3.08. The molecule has 1 saturated heterocycles. The number of aliphatic carboxylic acids is 1. The Hall–Kier alpha value is -2.13. The van der Waals surface area contributed by atoms with Crippen molar-refractivity contribution in [2.24, 2.45) is 0 Å². The van der Waals surface area contributed by atoms with Gasteiger partial charge in [-0.05, 0) is 23.8 Å². The predicted octanol–water partition coefficient (Wildman–Crippen LogP) is 1.22. The van der Waals surface area contributed by atoms with Crippen molar-refractivity contribution in [1.82, 2.24) is 0 Å². The number of hydrogen-bond donors (Lipinski definition) is 1. The molecule has 0 radical (unpaired) electrons. The number of nitriles is 1. The molecule has 104 valence electrons. The Balaban J connectivity index is 2.24. The van der Waals surface area contributed by atoms with Crippen molar-refractivity contribution in [2.75, 3.05) is 29.5 Å². The molecule has 5 nitrogen and oxygen atoms in total. The van der Waals surface area contributed by atoms with Gasteiger partial charge in [-0.3, -0.25) is 4.21 Å². The second-order valence-electron chi connectivity index (χ2n) is 4.40. The molecule has 0 unspecified atom stereocenters. The lowest BCUT2D eigenvalue weighted by Gasteiger charge is -2.29. The van der Waals surface area contributed by atoms with Crippen molar-refractivity contribution >= 4 is 28.5 Å². The van der Waals surface area contributed by atoms with Gasteiger partial charge in [0, 0.05) is 41.5 Å². The van der Waals surface area contributed by atoms with Crippen LogP contribution in [0.15, 0.2) is 24.3 Å². The predicted molar refractivity (Wildman–Crippen MR) is 77.9 cm³/mol. The summed E-state index contributed by atoms with van der Waals surface area (Å²) in [6, 6.07) is 7.39. The Bertz CT molecular complexity index is 609. The Morgan fingerprint density at radius 3 is 2.70 bits per heavy atom. The zero-order chi connectivity index (χ0) is 14.5. The molecule has 0 bridgehead atoms. The van der Waals surface area contributed by atoms with E-state index in [2.05, 4.69) is 6.07 Å². The summed E-state index contributed by atoms with van der Waals surface area (Å²) < 4.78 is 11.4. The molecule has 1 aliphatic heterocycles. The van der Waals surface area contributed by atoms with E-state index in [0.717, 1.165) is 11.8 Å². The molecule has 1 aromatic rings. The molecule has 1 N–H and O–H groups in total. The highest BCUT2D eigenvalue weighted by molar-refractivity contribution is 7.85. The van der Waals surface area contributed by atoms with Crippen molar-refractivity contribution in [3.63, 3.8) is 0 Å². The number of rotatable bonds is 3. The first-order chi connectivity index (χ1) is 9.60. The quantitative estimate of drug-likeness (QED) is 0.847. The molecule has 0 saturated carbocycles. The van der Waals surface area contributed by atoms with Gasteiger partial charge in [0.05, 0.1) is 11.3 Å². The van der Waals surface area contributed by atoms with Crippen molar-refractivity contribution < 1.29 is 14.1 Å². The lowest BCUT2D eigenvalue weighted by molar-refractivity contribution is -0.131. The van der Waals surface area contributed by atoms with Crippen LogP contribution in [0.1, 0.15) is 11.1 Å². The number of benzene rings is 1. The van der Waals surface area contributed by atoms with Gasteiger partial charge < -0.3 is 10.0 Å². The van der Waals surface area contributed by atoms with Crippen LogP contribution in [0.2, 0.25) is 0 Å². The van der Waals surface area contributed by atoms with Gasteiger partial charge in [0.2, 0.25) is 0 Å². The second kappa shape index (κ2) is 6.35. The highest BCUT2D eigenvalue weighted by Crippen LogP contribution is 2.23. The molecule has 0 atom stereocenters. The Kier molecular flexibility index (Phi) is 4.53. The second-order valence-corrected chi connectivity index (χ2v) is 6.09. The molecular formula is C14H14N2O3S. The van der Waals surface area contributed by atoms with Crippen molar-refractivity contribution in [2.45, 2.75) is 0 Å². The number of carboxylic acid groups (broad SMARTS) is 1. The van der Waals surface area contributed by atoms with Crippen molar-refractivity contribution in [1.29, 1.82) is 5.26 Å². The lowest BCUT2D eigenvalue weighted by atomic mass is 10.1. The fourth-order valence-corrected chi connectivity index (χ4v) is 3.12. The van der Waals surface area contributed by atoms with E-state index in [1.54, 1.807) is 12.1 Å². The van der Waals surface area contributed by atoms with E-state index in [1.807, 2.05) is 11.0 Å². The number of carbonyl (C=O) groups is 1. The summed E-state index contributed by atoms with van der Waals surface area (Å²) >= 11 is 0. The van der Waals surface area contributed by atoms with Gasteiger partial charge in [-0.2, -0.15) is 5.26 Å². The average Bonchev–Trinajstić information content (AvgIpc) is 2.45. The lowest BCUT2D eigenvalue weighted by Crippen LogP contribution is -2.38. The fourth-order valence-electron chi connectivity index (χ4n) is 2.07. The van der Waals surface area contributed by atoms with E-state index < -0.39 is 16.8 Å². The third kappa shape index (κ3) is 3.45. The summed E-state index contributed by atoms with van der Waals surface area (Å²) in [5, 5.41) is 17.8. The van der Waals surface area contributed by atoms with Gasteiger partial charge in [0.1, 0.15) is 6.07 Å². The first kappa shape index (κ1) is 14.3. The molecule has 0 aliphatic carbocycles. The van der Waals surface area contributed by atoms with E-state index in [1.165, 1.54) is 6.08 Å². The van der Waals surface area contributed by atoms with E-state index in [9.17, 15) is 14.3 Å². The summed E-state index contributed by atoms with van der Waals surface area (Å²) in [7, 11) is -0.757. The maximum Gasteiger partial charge on any atom is 0.328 e. The maximum absolute atomic E-state index is 11.4. The Morgan fingerprint density at radius 1 is 1.40 bits per heavy atom. The van der Waals surface area contributed by atoms with Crippen molar-refractivity contribution in [3.8, 4) is 6.07 Å². The normalized spacial score (nSPS) is 16.2. The minimum atomic E-state index is -1.02. The maximum atomic E-state index is 11.4. The summed E-state index contributed by atoms with van der Waals surface area (Å²) in [4.78, 5) is 12.5. The first-order valence-electron chi connectivity index (χ1n) is 6.15. The Morgan fingerprint density at radius 2 is 2.10 bits per heavy atom. The molecule has 1 aliphatic rings. The first-order valence-corrected chi connectivity index (χ1v) is 7.64. The molecule has 0 amide bonds. The van der Waals surface area contributed by atoms with E-state index in [0.29, 0.717) is 35.7 Å². The number of anilines is 1. The van der Waals surface area contributed by atoms with E-state index >= 15 is 0 Å². The van der Waals surface area contributed by atoms with Gasteiger partial charge in [0.25, 0.3) is 0 Å². The van der Waals surface area contributed by atoms with Gasteiger partial charge in [-0.15, -0.1) is 0 Å². The van der Waals surface area contributed by atoms with Crippen LogP contribution >= 0.6 is 0 Å². The van der Waals surface area contributed by atoms with Crippen LogP contribution in [0.3, 0.4) is 0 Å². The molecular weight excluding hydrogens is 276 g/mol. The highest BCUT2D eigenvalue weighted by atomic mass is 32.2. The standard InChI is InChI=1S/C14H14N2O3S/c15-10-12-9-11(2-4-14(17)18)1-3-13(12)16-5-7-20(19)8-6-16/h1-4,9H,5-8H2,(H,17,18)/b4-2+.